The molecule has 3 aromatic rings. The van der Waals surface area contributed by atoms with Crippen LogP contribution < -0.4 is 10.9 Å². The van der Waals surface area contributed by atoms with Crippen molar-refractivity contribution >= 4 is 17.4 Å². The van der Waals surface area contributed by atoms with Gasteiger partial charge in [-0.15, -0.1) is 0 Å². The van der Waals surface area contributed by atoms with E-state index in [1.807, 2.05) is 0 Å². The first-order valence-corrected chi connectivity index (χ1v) is 9.38. The van der Waals surface area contributed by atoms with Crippen molar-refractivity contribution in [3.8, 4) is 16.9 Å². The summed E-state index contributed by atoms with van der Waals surface area (Å²) < 4.78 is 43.2. The topological polar surface area (TPSA) is 110 Å². The van der Waals surface area contributed by atoms with Crippen LogP contribution in [0.5, 0.6) is 0 Å². The van der Waals surface area contributed by atoms with Crippen LogP contribution in [0.3, 0.4) is 0 Å². The number of hydrogen-bond acceptors (Lipinski definition) is 7. The minimum Gasteiger partial charge on any atom is -0.389 e. The lowest BCUT2D eigenvalue weighted by Crippen LogP contribution is -2.41. The minimum absolute atomic E-state index is 0.0652. The fraction of sp³-hybridized carbons (Fsp3) is 0.278. The largest absolute Gasteiger partial charge is 0.433 e. The number of alkyl halides is 3. The molecule has 0 radical (unpaired) electrons. The fourth-order valence-corrected chi connectivity index (χ4v) is 2.88. The van der Waals surface area contributed by atoms with E-state index in [-0.39, 0.29) is 23.4 Å². The molecule has 1 amide bonds. The van der Waals surface area contributed by atoms with E-state index in [1.54, 1.807) is 0 Å². The van der Waals surface area contributed by atoms with Gasteiger partial charge in [0.15, 0.2) is 0 Å². The normalized spacial score (nSPS) is 12.1. The summed E-state index contributed by atoms with van der Waals surface area (Å²) in [5.41, 5.74) is -2.79. The van der Waals surface area contributed by atoms with Gasteiger partial charge in [0.25, 0.3) is 11.5 Å². The molecule has 3 aromatic heterocycles. The van der Waals surface area contributed by atoms with Crippen molar-refractivity contribution < 1.29 is 23.1 Å². The van der Waals surface area contributed by atoms with Crippen molar-refractivity contribution in [1.82, 2.24) is 24.5 Å². The summed E-state index contributed by atoms with van der Waals surface area (Å²) in [7, 11) is 0. The van der Waals surface area contributed by atoms with Crippen molar-refractivity contribution in [3.05, 3.63) is 57.6 Å². The highest BCUT2D eigenvalue weighted by Crippen LogP contribution is 2.28. The Morgan fingerprint density at radius 1 is 1.27 bits per heavy atom. The van der Waals surface area contributed by atoms with Gasteiger partial charge in [0.1, 0.15) is 11.3 Å². The summed E-state index contributed by atoms with van der Waals surface area (Å²) in [6, 6.07) is 3.10. The Bertz CT molecular complexity index is 1100. The minimum atomic E-state index is -4.60. The molecule has 12 heteroatoms. The molecule has 3 heterocycles. The lowest BCUT2D eigenvalue weighted by atomic mass is 10.1. The molecular weight excluding hydrogens is 423 g/mol. The van der Waals surface area contributed by atoms with Crippen molar-refractivity contribution in [1.29, 1.82) is 0 Å². The molecule has 0 aliphatic carbocycles. The molecule has 0 spiro atoms. The van der Waals surface area contributed by atoms with Crippen LogP contribution in [0.2, 0.25) is 0 Å². The van der Waals surface area contributed by atoms with E-state index < -0.39 is 28.9 Å². The molecule has 0 fully saturated rings. The Kier molecular flexibility index (Phi) is 5.72. The van der Waals surface area contributed by atoms with Gasteiger partial charge in [0, 0.05) is 23.7 Å². The van der Waals surface area contributed by atoms with Gasteiger partial charge in [-0.25, -0.2) is 0 Å². The second kappa shape index (κ2) is 7.95. The Balaban J connectivity index is 2.08. The average Bonchev–Trinajstić information content (AvgIpc) is 3.19. The average molecular weight is 439 g/mol. The molecule has 0 bridgehead atoms. The quantitative estimate of drug-likeness (QED) is 0.631. The molecule has 0 aliphatic rings. The summed E-state index contributed by atoms with van der Waals surface area (Å²) >= 11 is 1.06. The molecule has 30 heavy (non-hydrogen) atoms. The van der Waals surface area contributed by atoms with Crippen LogP contribution in [0.25, 0.3) is 16.9 Å². The zero-order valence-corrected chi connectivity index (χ0v) is 16.6. The van der Waals surface area contributed by atoms with E-state index in [1.165, 1.54) is 31.5 Å². The van der Waals surface area contributed by atoms with Crippen LogP contribution in [0, 0.1) is 0 Å². The van der Waals surface area contributed by atoms with E-state index in [9.17, 15) is 27.9 Å². The second-order valence-electron chi connectivity index (χ2n) is 6.97. The Morgan fingerprint density at radius 3 is 2.53 bits per heavy atom. The Morgan fingerprint density at radius 2 is 2.00 bits per heavy atom. The summed E-state index contributed by atoms with van der Waals surface area (Å²) in [5, 5.41) is 17.9. The molecule has 0 saturated carbocycles. The van der Waals surface area contributed by atoms with Crippen molar-refractivity contribution in [2.75, 3.05) is 6.54 Å². The van der Waals surface area contributed by atoms with Crippen molar-refractivity contribution in [3.63, 3.8) is 0 Å². The van der Waals surface area contributed by atoms with Gasteiger partial charge >= 0.3 is 6.18 Å². The lowest BCUT2D eigenvalue weighted by molar-refractivity contribution is -0.141. The van der Waals surface area contributed by atoms with Crippen LogP contribution >= 0.6 is 11.5 Å². The number of rotatable bonds is 5. The van der Waals surface area contributed by atoms with E-state index in [4.69, 9.17) is 0 Å². The SMILES string of the molecule is CC(C)(O)CNC(=O)c1cc(-c2ccc(C(F)(F)F)nc2)nn(-c2cnsc2)c1=O. The number of hydrogen-bond donors (Lipinski definition) is 2. The highest BCUT2D eigenvalue weighted by atomic mass is 32.1. The van der Waals surface area contributed by atoms with Gasteiger partial charge < -0.3 is 10.4 Å². The molecule has 0 saturated heterocycles. The maximum atomic E-state index is 12.8. The molecule has 0 aliphatic heterocycles. The number of nitrogens with one attached hydrogen (secondary N) is 1. The van der Waals surface area contributed by atoms with Crippen LogP contribution in [-0.2, 0) is 6.18 Å². The monoisotopic (exact) mass is 439 g/mol. The smallest absolute Gasteiger partial charge is 0.389 e. The van der Waals surface area contributed by atoms with Gasteiger partial charge in [-0.2, -0.15) is 27.3 Å². The van der Waals surface area contributed by atoms with Gasteiger partial charge in [0.2, 0.25) is 0 Å². The van der Waals surface area contributed by atoms with E-state index in [2.05, 4.69) is 19.8 Å². The first-order valence-electron chi connectivity index (χ1n) is 8.54. The number of halogens is 3. The maximum Gasteiger partial charge on any atom is 0.433 e. The Hall–Kier alpha value is -3.12. The van der Waals surface area contributed by atoms with Crippen molar-refractivity contribution in [2.24, 2.45) is 0 Å². The van der Waals surface area contributed by atoms with Gasteiger partial charge in [0.05, 0.1) is 23.2 Å². The predicted molar refractivity (Wildman–Crippen MR) is 102 cm³/mol. The molecule has 158 valence electrons. The van der Waals surface area contributed by atoms with E-state index in [0.29, 0.717) is 5.69 Å². The molecule has 2 N–H and O–H groups in total. The highest BCUT2D eigenvalue weighted by molar-refractivity contribution is 7.03. The second-order valence-corrected chi connectivity index (χ2v) is 7.63. The standard InChI is InChI=1S/C18H16F3N5O3S/c1-17(2,29)9-23-15(27)12-5-13(10-3-4-14(22-6-10)18(19,20)21)25-26(16(12)28)11-7-24-30-8-11/h3-8,29H,9H2,1-2H3,(H,23,27). The number of carbonyl (C=O) groups excluding carboxylic acids is 1. The van der Waals surface area contributed by atoms with Gasteiger partial charge in [-0.1, -0.05) is 0 Å². The Labute approximate surface area is 172 Å². The predicted octanol–water partition coefficient (Wildman–Crippen LogP) is 2.27. The summed E-state index contributed by atoms with van der Waals surface area (Å²) in [6.07, 6.45) is -2.27. The van der Waals surface area contributed by atoms with Crippen LogP contribution in [0.15, 0.2) is 40.8 Å². The molecule has 8 nitrogen and oxygen atoms in total. The number of carbonyl (C=O) groups is 1. The number of aromatic nitrogens is 4. The first-order chi connectivity index (χ1) is 14.0. The molecule has 0 aromatic carbocycles. The van der Waals surface area contributed by atoms with E-state index >= 15 is 0 Å². The molecular formula is C18H16F3N5O3S. The zero-order chi connectivity index (χ0) is 22.1. The number of nitrogens with zero attached hydrogens (tertiary/aromatic N) is 4. The molecule has 0 unspecified atom stereocenters. The molecule has 3 rings (SSSR count). The summed E-state index contributed by atoms with van der Waals surface area (Å²) in [4.78, 5) is 28.7. The lowest BCUT2D eigenvalue weighted by Gasteiger charge is -2.17. The van der Waals surface area contributed by atoms with Crippen LogP contribution in [0.4, 0.5) is 13.2 Å². The number of pyridine rings is 1. The van der Waals surface area contributed by atoms with Gasteiger partial charge in [-0.3, -0.25) is 14.6 Å². The fourth-order valence-electron chi connectivity index (χ4n) is 2.38. The highest BCUT2D eigenvalue weighted by Gasteiger charge is 2.32. The number of aliphatic hydroxyl groups is 1. The maximum absolute atomic E-state index is 12.8. The third kappa shape index (κ3) is 4.89. The third-order valence-electron chi connectivity index (χ3n) is 3.85. The van der Waals surface area contributed by atoms with Gasteiger partial charge in [-0.05, 0) is 43.6 Å². The van der Waals surface area contributed by atoms with Crippen LogP contribution in [-0.4, -0.2) is 42.3 Å². The van der Waals surface area contributed by atoms with Crippen LogP contribution in [0.1, 0.15) is 29.9 Å². The third-order valence-corrected chi connectivity index (χ3v) is 4.43. The summed E-state index contributed by atoms with van der Waals surface area (Å²) in [6.45, 7) is 2.84. The first kappa shape index (κ1) is 21.6. The summed E-state index contributed by atoms with van der Waals surface area (Å²) in [5.74, 6) is -0.761. The van der Waals surface area contributed by atoms with Crippen molar-refractivity contribution in [2.45, 2.75) is 25.6 Å². The van der Waals surface area contributed by atoms with E-state index in [0.717, 1.165) is 34.5 Å². The molecule has 0 atom stereocenters. The zero-order valence-electron chi connectivity index (χ0n) is 15.8. The number of amides is 1.